The number of hydrogen-bond donors (Lipinski definition) is 3. The van der Waals surface area contributed by atoms with Crippen LogP contribution in [-0.4, -0.2) is 15.2 Å². The summed E-state index contributed by atoms with van der Waals surface area (Å²) in [6.07, 6.45) is 6.82. The highest BCUT2D eigenvalue weighted by Gasteiger charge is 2.34. The lowest BCUT2D eigenvalue weighted by Gasteiger charge is -2.32. The zero-order valence-corrected chi connectivity index (χ0v) is 8.53. The molecule has 0 aliphatic heterocycles. The second kappa shape index (κ2) is 3.22. The van der Waals surface area contributed by atoms with Gasteiger partial charge in [-0.2, -0.15) is 0 Å². The topological polar surface area (TPSA) is 56.2 Å². The van der Waals surface area contributed by atoms with E-state index in [-0.39, 0.29) is 13.2 Å². The molecule has 0 radical (unpaired) electrons. The van der Waals surface area contributed by atoms with Gasteiger partial charge in [0.2, 0.25) is 0 Å². The minimum absolute atomic E-state index is 0.0411. The number of nitrogens with one attached hydrogen (secondary N) is 1. The second-order valence-corrected chi connectivity index (χ2v) is 4.40. The number of aliphatic hydroxyl groups excluding tert-OH is 2. The second-order valence-electron chi connectivity index (χ2n) is 4.40. The van der Waals surface area contributed by atoms with Crippen LogP contribution in [0, 0.1) is 0 Å². The first-order valence-corrected chi connectivity index (χ1v) is 5.48. The fourth-order valence-corrected chi connectivity index (χ4v) is 3.04. The summed E-state index contributed by atoms with van der Waals surface area (Å²) in [5.74, 6) is 0.896. The van der Waals surface area contributed by atoms with Gasteiger partial charge in [0.15, 0.2) is 0 Å². The van der Waals surface area contributed by atoms with Crippen LogP contribution >= 0.6 is 0 Å². The Morgan fingerprint density at radius 2 is 1.47 bits per heavy atom. The molecule has 3 heteroatoms. The molecule has 3 aliphatic rings. The van der Waals surface area contributed by atoms with Crippen molar-refractivity contribution in [1.29, 1.82) is 0 Å². The van der Waals surface area contributed by atoms with E-state index in [1.165, 1.54) is 24.0 Å². The molecule has 3 aliphatic carbocycles. The van der Waals surface area contributed by atoms with E-state index in [0.717, 1.165) is 11.4 Å². The first-order valence-electron chi connectivity index (χ1n) is 5.48. The van der Waals surface area contributed by atoms with Crippen molar-refractivity contribution >= 4 is 0 Å². The molecule has 0 fully saturated rings. The third-order valence-corrected chi connectivity index (χ3v) is 3.66. The van der Waals surface area contributed by atoms with Gasteiger partial charge in [0.05, 0.1) is 13.2 Å². The predicted octanol–water partition coefficient (Wildman–Crippen LogP) is 1.53. The average molecular weight is 205 g/mol. The van der Waals surface area contributed by atoms with Crippen LogP contribution in [0.2, 0.25) is 0 Å². The van der Waals surface area contributed by atoms with E-state index in [1.807, 2.05) is 0 Å². The summed E-state index contributed by atoms with van der Waals surface area (Å²) >= 11 is 0. The molecule has 2 atom stereocenters. The summed E-state index contributed by atoms with van der Waals surface area (Å²) in [5.41, 5.74) is 4.29. The highest BCUT2D eigenvalue weighted by atomic mass is 16.3. The van der Waals surface area contributed by atoms with E-state index < -0.39 is 0 Å². The molecule has 3 N–H and O–H groups in total. The number of rotatable bonds is 2. The normalized spacial score (nSPS) is 27.1. The van der Waals surface area contributed by atoms with Crippen molar-refractivity contribution in [2.45, 2.75) is 37.9 Å². The maximum absolute atomic E-state index is 9.29. The molecule has 4 rings (SSSR count). The maximum atomic E-state index is 9.29. The van der Waals surface area contributed by atoms with E-state index in [2.05, 4.69) is 17.1 Å². The number of aromatic nitrogens is 1. The average Bonchev–Trinajstić information content (AvgIpc) is 2.71. The molecule has 1 heterocycles. The molecule has 0 aromatic carbocycles. The van der Waals surface area contributed by atoms with Gasteiger partial charge in [0, 0.05) is 23.2 Å². The third-order valence-electron chi connectivity index (χ3n) is 3.66. The van der Waals surface area contributed by atoms with Gasteiger partial charge in [-0.05, 0) is 24.0 Å². The minimum atomic E-state index is 0.0411. The SMILES string of the molecule is OCc1[nH]c(CO)c2c1C1C=CC2CC1. The smallest absolute Gasteiger partial charge is 0.0834 e. The van der Waals surface area contributed by atoms with Crippen molar-refractivity contribution in [2.24, 2.45) is 0 Å². The van der Waals surface area contributed by atoms with Crippen LogP contribution in [0.3, 0.4) is 0 Å². The molecule has 80 valence electrons. The van der Waals surface area contributed by atoms with Gasteiger partial charge in [0.25, 0.3) is 0 Å². The summed E-state index contributed by atoms with van der Waals surface area (Å²) in [5, 5.41) is 18.6. The Balaban J connectivity index is 2.20. The molecule has 3 nitrogen and oxygen atoms in total. The molecule has 2 bridgehead atoms. The molecule has 15 heavy (non-hydrogen) atoms. The monoisotopic (exact) mass is 205 g/mol. The van der Waals surface area contributed by atoms with E-state index in [9.17, 15) is 10.2 Å². The Bertz CT molecular complexity index is 383. The fourth-order valence-electron chi connectivity index (χ4n) is 3.04. The molecule has 1 aromatic rings. The lowest BCUT2D eigenvalue weighted by Crippen LogP contribution is -2.17. The molecular weight excluding hydrogens is 190 g/mol. The number of hydrogen-bond acceptors (Lipinski definition) is 2. The third kappa shape index (κ3) is 1.13. The van der Waals surface area contributed by atoms with E-state index in [0.29, 0.717) is 11.8 Å². The lowest BCUT2D eigenvalue weighted by atomic mass is 9.72. The number of aliphatic hydroxyl groups is 2. The van der Waals surface area contributed by atoms with Crippen molar-refractivity contribution in [3.05, 3.63) is 34.7 Å². The van der Waals surface area contributed by atoms with Crippen molar-refractivity contribution in [3.63, 3.8) is 0 Å². The number of H-pyrrole nitrogens is 1. The lowest BCUT2D eigenvalue weighted by molar-refractivity contribution is 0.268. The van der Waals surface area contributed by atoms with Gasteiger partial charge in [-0.1, -0.05) is 12.2 Å². The first-order chi connectivity index (χ1) is 7.35. The quantitative estimate of drug-likeness (QED) is 0.641. The van der Waals surface area contributed by atoms with Crippen molar-refractivity contribution in [3.8, 4) is 0 Å². The Morgan fingerprint density at radius 1 is 1.00 bits per heavy atom. The van der Waals surface area contributed by atoms with Crippen molar-refractivity contribution < 1.29 is 10.2 Å². The van der Waals surface area contributed by atoms with Gasteiger partial charge in [0.1, 0.15) is 0 Å². The van der Waals surface area contributed by atoms with Crippen LogP contribution < -0.4 is 0 Å². The van der Waals surface area contributed by atoms with Crippen LogP contribution in [0.4, 0.5) is 0 Å². The molecule has 0 saturated heterocycles. The summed E-state index contributed by atoms with van der Waals surface area (Å²) in [6, 6.07) is 0. The van der Waals surface area contributed by atoms with Crippen molar-refractivity contribution in [2.75, 3.05) is 0 Å². The summed E-state index contributed by atoms with van der Waals surface area (Å²) < 4.78 is 0. The summed E-state index contributed by atoms with van der Waals surface area (Å²) in [6.45, 7) is 0.0821. The Hall–Kier alpha value is -1.06. The van der Waals surface area contributed by atoms with Crippen LogP contribution in [0.15, 0.2) is 12.2 Å². The van der Waals surface area contributed by atoms with E-state index >= 15 is 0 Å². The first kappa shape index (κ1) is 9.19. The molecule has 1 aromatic heterocycles. The Kier molecular flexibility index (Phi) is 1.97. The fraction of sp³-hybridized carbons (Fsp3) is 0.500. The predicted molar refractivity (Wildman–Crippen MR) is 56.5 cm³/mol. The highest BCUT2D eigenvalue weighted by molar-refractivity contribution is 5.50. The molecule has 0 amide bonds. The van der Waals surface area contributed by atoms with Gasteiger partial charge < -0.3 is 15.2 Å². The molecular formula is C12H15NO2. The largest absolute Gasteiger partial charge is 0.390 e. The summed E-state index contributed by atoms with van der Waals surface area (Å²) in [4.78, 5) is 3.15. The van der Waals surface area contributed by atoms with Gasteiger partial charge in [-0.3, -0.25) is 0 Å². The van der Waals surface area contributed by atoms with E-state index in [1.54, 1.807) is 0 Å². The molecule has 0 saturated carbocycles. The number of fused-ring (bicyclic) bond motifs is 1. The van der Waals surface area contributed by atoms with Gasteiger partial charge >= 0.3 is 0 Å². The van der Waals surface area contributed by atoms with Crippen molar-refractivity contribution in [1.82, 2.24) is 4.98 Å². The van der Waals surface area contributed by atoms with E-state index in [4.69, 9.17) is 0 Å². The molecule has 0 spiro atoms. The molecule has 2 unspecified atom stereocenters. The zero-order chi connectivity index (χ0) is 10.4. The van der Waals surface area contributed by atoms with Crippen LogP contribution in [0.1, 0.15) is 47.2 Å². The standard InChI is InChI=1S/C12H15NO2/c14-5-9-11-7-1-2-8(4-3-7)12(11)10(6-15)13-9/h1-2,7-8,13-15H,3-6H2. The minimum Gasteiger partial charge on any atom is -0.390 e. The Labute approximate surface area is 88.4 Å². The summed E-state index contributed by atoms with van der Waals surface area (Å²) in [7, 11) is 0. The zero-order valence-electron chi connectivity index (χ0n) is 8.53. The van der Waals surface area contributed by atoms with Crippen LogP contribution in [0.25, 0.3) is 0 Å². The van der Waals surface area contributed by atoms with Crippen LogP contribution in [-0.2, 0) is 13.2 Å². The van der Waals surface area contributed by atoms with Gasteiger partial charge in [-0.15, -0.1) is 0 Å². The van der Waals surface area contributed by atoms with Gasteiger partial charge in [-0.25, -0.2) is 0 Å². The highest BCUT2D eigenvalue weighted by Crippen LogP contribution is 2.47. The maximum Gasteiger partial charge on any atom is 0.0834 e. The van der Waals surface area contributed by atoms with Crippen LogP contribution in [0.5, 0.6) is 0 Å². The Morgan fingerprint density at radius 3 is 1.80 bits per heavy atom. The number of aromatic amines is 1. The number of allylic oxidation sites excluding steroid dienone is 2.